The van der Waals surface area contributed by atoms with Crippen molar-refractivity contribution in [2.45, 2.75) is 45.1 Å². The zero-order valence-electron chi connectivity index (χ0n) is 13.6. The van der Waals surface area contributed by atoms with Crippen molar-refractivity contribution in [2.24, 2.45) is 0 Å². The van der Waals surface area contributed by atoms with E-state index in [-0.39, 0.29) is 11.9 Å². The average Bonchev–Trinajstić information content (AvgIpc) is 3.21. The summed E-state index contributed by atoms with van der Waals surface area (Å²) in [7, 11) is 0. The first-order valence-corrected chi connectivity index (χ1v) is 8.15. The van der Waals surface area contributed by atoms with Gasteiger partial charge in [-0.15, -0.1) is 0 Å². The van der Waals surface area contributed by atoms with Crippen molar-refractivity contribution in [2.75, 3.05) is 18.4 Å². The van der Waals surface area contributed by atoms with Crippen molar-refractivity contribution in [1.82, 2.24) is 20.3 Å². The van der Waals surface area contributed by atoms with E-state index in [1.165, 1.54) is 5.69 Å². The molecule has 2 aromatic rings. The molecule has 2 N–H and O–H groups in total. The van der Waals surface area contributed by atoms with E-state index in [1.54, 1.807) is 19.2 Å². The number of aryl methyl sites for hydroxylation is 1. The lowest BCUT2D eigenvalue weighted by Crippen LogP contribution is -2.47. The van der Waals surface area contributed by atoms with E-state index in [0.29, 0.717) is 17.5 Å². The number of H-pyrrole nitrogens is 1. The third kappa shape index (κ3) is 3.61. The number of rotatable bonds is 5. The molecule has 1 atom stereocenters. The van der Waals surface area contributed by atoms with Gasteiger partial charge in [-0.2, -0.15) is 5.10 Å². The third-order valence-electron chi connectivity index (χ3n) is 4.50. The van der Waals surface area contributed by atoms with Crippen LogP contribution in [0.5, 0.6) is 0 Å². The number of likely N-dealkylation sites (tertiary alicyclic amines) is 1. The zero-order valence-corrected chi connectivity index (χ0v) is 13.6. The second-order valence-electron chi connectivity index (χ2n) is 6.06. The van der Waals surface area contributed by atoms with E-state index < -0.39 is 0 Å². The number of anilines is 1. The van der Waals surface area contributed by atoms with E-state index in [1.807, 2.05) is 13.0 Å². The van der Waals surface area contributed by atoms with Crippen molar-refractivity contribution in [3.05, 3.63) is 29.8 Å². The van der Waals surface area contributed by atoms with Crippen LogP contribution in [-0.2, 0) is 4.79 Å². The lowest BCUT2D eigenvalue weighted by Gasteiger charge is -2.36. The molecule has 7 nitrogen and oxygen atoms in total. The van der Waals surface area contributed by atoms with E-state index >= 15 is 0 Å². The minimum Gasteiger partial charge on any atom is -0.360 e. The van der Waals surface area contributed by atoms with Gasteiger partial charge in [-0.25, -0.2) is 0 Å². The number of carbonyl (C=O) groups is 1. The summed E-state index contributed by atoms with van der Waals surface area (Å²) in [6, 6.07) is 3.64. The van der Waals surface area contributed by atoms with Crippen molar-refractivity contribution in [1.29, 1.82) is 0 Å². The second kappa shape index (κ2) is 6.95. The van der Waals surface area contributed by atoms with Crippen molar-refractivity contribution < 1.29 is 9.32 Å². The first kappa shape index (κ1) is 15.7. The molecule has 3 rings (SSSR count). The molecule has 23 heavy (non-hydrogen) atoms. The van der Waals surface area contributed by atoms with Gasteiger partial charge in [-0.05, 0) is 45.3 Å². The number of nitrogens with zero attached hydrogens (tertiary/aromatic N) is 3. The standard InChI is InChI=1S/C16H23N5O2/c1-3-14(16(22)18-15-10-11(2)23-20-15)21-8-5-12(6-9-21)13-4-7-17-19-13/h4,7,10,12,14H,3,5-6,8-9H2,1-2H3,(H,17,19)(H,18,20,22)/t14-/m1/s1. The van der Waals surface area contributed by atoms with E-state index in [2.05, 4.69) is 25.6 Å². The minimum absolute atomic E-state index is 0.0132. The largest absolute Gasteiger partial charge is 0.360 e. The Kier molecular flexibility index (Phi) is 4.76. The van der Waals surface area contributed by atoms with Gasteiger partial charge in [0, 0.05) is 23.9 Å². The molecule has 1 saturated heterocycles. The Balaban J connectivity index is 1.57. The molecule has 7 heteroatoms. The Bertz CT molecular complexity index is 629. The molecule has 0 aromatic carbocycles. The molecular formula is C16H23N5O2. The first-order valence-electron chi connectivity index (χ1n) is 8.15. The Hall–Kier alpha value is -2.15. The van der Waals surface area contributed by atoms with Gasteiger partial charge in [0.1, 0.15) is 5.76 Å². The van der Waals surface area contributed by atoms with Crippen LogP contribution in [0, 0.1) is 6.92 Å². The smallest absolute Gasteiger partial charge is 0.242 e. The third-order valence-corrected chi connectivity index (χ3v) is 4.50. The summed E-state index contributed by atoms with van der Waals surface area (Å²) < 4.78 is 4.99. The molecule has 0 bridgehead atoms. The van der Waals surface area contributed by atoms with Crippen LogP contribution in [0.25, 0.3) is 0 Å². The van der Waals surface area contributed by atoms with E-state index in [0.717, 1.165) is 32.4 Å². The van der Waals surface area contributed by atoms with Crippen LogP contribution in [-0.4, -0.2) is 45.3 Å². The number of hydrogen-bond acceptors (Lipinski definition) is 5. The zero-order chi connectivity index (χ0) is 16.2. The monoisotopic (exact) mass is 317 g/mol. The molecule has 0 spiro atoms. The second-order valence-corrected chi connectivity index (χ2v) is 6.06. The molecule has 0 unspecified atom stereocenters. The quantitative estimate of drug-likeness (QED) is 0.883. The Morgan fingerprint density at radius 3 is 2.87 bits per heavy atom. The van der Waals surface area contributed by atoms with Crippen molar-refractivity contribution >= 4 is 11.7 Å². The molecule has 1 aliphatic heterocycles. The number of hydrogen-bond donors (Lipinski definition) is 2. The molecule has 0 radical (unpaired) electrons. The summed E-state index contributed by atoms with van der Waals surface area (Å²) >= 11 is 0. The molecule has 3 heterocycles. The van der Waals surface area contributed by atoms with E-state index in [9.17, 15) is 4.79 Å². The summed E-state index contributed by atoms with van der Waals surface area (Å²) in [6.07, 6.45) is 4.64. The molecule has 124 valence electrons. The predicted octanol–water partition coefficient (Wildman–Crippen LogP) is 2.30. The summed E-state index contributed by atoms with van der Waals surface area (Å²) in [5.41, 5.74) is 1.19. The van der Waals surface area contributed by atoms with Crippen LogP contribution >= 0.6 is 0 Å². The lowest BCUT2D eigenvalue weighted by atomic mass is 9.92. The molecular weight excluding hydrogens is 294 g/mol. The summed E-state index contributed by atoms with van der Waals surface area (Å²) in [5.74, 6) is 1.67. The summed E-state index contributed by atoms with van der Waals surface area (Å²) in [6.45, 7) is 5.67. The predicted molar refractivity (Wildman–Crippen MR) is 86.1 cm³/mol. The highest BCUT2D eigenvalue weighted by molar-refractivity contribution is 5.94. The molecule has 2 aromatic heterocycles. The normalized spacial score (nSPS) is 18.0. The maximum absolute atomic E-state index is 12.5. The van der Waals surface area contributed by atoms with Crippen molar-refractivity contribution in [3.63, 3.8) is 0 Å². The highest BCUT2D eigenvalue weighted by Gasteiger charge is 2.29. The summed E-state index contributed by atoms with van der Waals surface area (Å²) in [4.78, 5) is 14.8. The van der Waals surface area contributed by atoms with Crippen LogP contribution in [0.15, 0.2) is 22.9 Å². The Morgan fingerprint density at radius 1 is 1.52 bits per heavy atom. The highest BCUT2D eigenvalue weighted by atomic mass is 16.5. The fourth-order valence-corrected chi connectivity index (χ4v) is 3.26. The maximum atomic E-state index is 12.5. The van der Waals surface area contributed by atoms with E-state index in [4.69, 9.17) is 4.52 Å². The number of aromatic amines is 1. The van der Waals surface area contributed by atoms with Gasteiger partial charge in [0.05, 0.1) is 6.04 Å². The van der Waals surface area contributed by atoms with Gasteiger partial charge in [0.2, 0.25) is 5.91 Å². The van der Waals surface area contributed by atoms with Gasteiger partial charge in [-0.1, -0.05) is 12.1 Å². The fourth-order valence-electron chi connectivity index (χ4n) is 3.26. The molecule has 1 amide bonds. The number of amides is 1. The van der Waals surface area contributed by atoms with Crippen LogP contribution < -0.4 is 5.32 Å². The highest BCUT2D eigenvalue weighted by Crippen LogP contribution is 2.28. The summed E-state index contributed by atoms with van der Waals surface area (Å²) in [5, 5.41) is 13.8. The van der Waals surface area contributed by atoms with Crippen LogP contribution in [0.4, 0.5) is 5.82 Å². The molecule has 1 fully saturated rings. The van der Waals surface area contributed by atoms with Gasteiger partial charge in [-0.3, -0.25) is 14.8 Å². The van der Waals surface area contributed by atoms with Crippen molar-refractivity contribution in [3.8, 4) is 0 Å². The van der Waals surface area contributed by atoms with Crippen LogP contribution in [0.3, 0.4) is 0 Å². The van der Waals surface area contributed by atoms with Gasteiger partial charge in [0.25, 0.3) is 0 Å². The van der Waals surface area contributed by atoms with Gasteiger partial charge in [0.15, 0.2) is 5.82 Å². The average molecular weight is 317 g/mol. The minimum atomic E-state index is -0.130. The van der Waals surface area contributed by atoms with Gasteiger partial charge >= 0.3 is 0 Å². The molecule has 0 aliphatic carbocycles. The number of piperidine rings is 1. The first-order chi connectivity index (χ1) is 11.2. The van der Waals surface area contributed by atoms with Crippen LogP contribution in [0.2, 0.25) is 0 Å². The number of aromatic nitrogens is 3. The SMILES string of the molecule is CC[C@H](C(=O)Nc1cc(C)on1)N1CCC(c2ccn[nH]2)CC1. The fraction of sp³-hybridized carbons (Fsp3) is 0.562. The molecule has 1 aliphatic rings. The number of nitrogens with one attached hydrogen (secondary N) is 2. The number of carbonyl (C=O) groups excluding carboxylic acids is 1. The van der Waals surface area contributed by atoms with Crippen LogP contribution in [0.1, 0.15) is 43.6 Å². The Morgan fingerprint density at radius 2 is 2.30 bits per heavy atom. The Labute approximate surface area is 135 Å². The lowest BCUT2D eigenvalue weighted by molar-refractivity contribution is -0.121. The molecule has 0 saturated carbocycles. The maximum Gasteiger partial charge on any atom is 0.242 e. The van der Waals surface area contributed by atoms with Gasteiger partial charge < -0.3 is 9.84 Å². The topological polar surface area (TPSA) is 87.1 Å².